The minimum Gasteiger partial charge on any atom is -0.456 e. The van der Waals surface area contributed by atoms with Gasteiger partial charge >= 0.3 is 12.1 Å². The van der Waals surface area contributed by atoms with E-state index in [0.717, 1.165) is 4.47 Å². The monoisotopic (exact) mass is 411 g/mol. The Hall–Kier alpha value is -1.89. The van der Waals surface area contributed by atoms with Crippen LogP contribution >= 0.6 is 15.9 Å². The summed E-state index contributed by atoms with van der Waals surface area (Å²) in [6, 6.07) is 6.10. The highest BCUT2D eigenvalue weighted by atomic mass is 79.9. The molecule has 1 amide bonds. The molecule has 25 heavy (non-hydrogen) atoms. The normalized spacial score (nSPS) is 17.3. The van der Waals surface area contributed by atoms with Crippen LogP contribution in [0.15, 0.2) is 28.7 Å². The summed E-state index contributed by atoms with van der Waals surface area (Å²) in [5.41, 5.74) is -0.169. The predicted molar refractivity (Wildman–Crippen MR) is 95.4 cm³/mol. The SMILES string of the molecule is CC(C)(C)OC(=O)N1CCC[C@H]1C(=O)OCC(=O)c1ccc(Br)cc1. The third kappa shape index (κ3) is 5.56. The highest BCUT2D eigenvalue weighted by molar-refractivity contribution is 9.10. The Labute approximate surface area is 155 Å². The lowest BCUT2D eigenvalue weighted by atomic mass is 10.1. The van der Waals surface area contributed by atoms with Gasteiger partial charge in [0.25, 0.3) is 0 Å². The Morgan fingerprint density at radius 2 is 1.84 bits per heavy atom. The second-order valence-electron chi connectivity index (χ2n) is 6.87. The van der Waals surface area contributed by atoms with Crippen molar-refractivity contribution in [3.63, 3.8) is 0 Å². The molecule has 0 aliphatic carbocycles. The number of benzene rings is 1. The minimum absolute atomic E-state index is 0.289. The molecule has 1 saturated heterocycles. The maximum Gasteiger partial charge on any atom is 0.411 e. The van der Waals surface area contributed by atoms with Crippen molar-refractivity contribution in [1.29, 1.82) is 0 Å². The number of ketones is 1. The third-order valence-electron chi connectivity index (χ3n) is 3.66. The van der Waals surface area contributed by atoms with Gasteiger partial charge in [0.15, 0.2) is 12.4 Å². The zero-order chi connectivity index (χ0) is 18.6. The van der Waals surface area contributed by atoms with Gasteiger partial charge in [0, 0.05) is 16.6 Å². The summed E-state index contributed by atoms with van der Waals surface area (Å²) in [7, 11) is 0. The van der Waals surface area contributed by atoms with Crippen LogP contribution in [0, 0.1) is 0 Å². The molecule has 1 heterocycles. The van der Waals surface area contributed by atoms with E-state index >= 15 is 0 Å². The van der Waals surface area contributed by atoms with Crippen molar-refractivity contribution in [1.82, 2.24) is 4.90 Å². The summed E-state index contributed by atoms with van der Waals surface area (Å²) in [6.07, 6.45) is 0.663. The highest BCUT2D eigenvalue weighted by Gasteiger charge is 2.37. The summed E-state index contributed by atoms with van der Waals surface area (Å²) >= 11 is 3.30. The topological polar surface area (TPSA) is 72.9 Å². The van der Waals surface area contributed by atoms with Gasteiger partial charge in [-0.05, 0) is 45.7 Å². The molecule has 7 heteroatoms. The van der Waals surface area contributed by atoms with Crippen LogP contribution in [0.4, 0.5) is 4.79 Å². The summed E-state index contributed by atoms with van der Waals surface area (Å²) in [4.78, 5) is 37.9. The van der Waals surface area contributed by atoms with E-state index < -0.39 is 23.7 Å². The number of carbonyl (C=O) groups is 3. The first-order valence-corrected chi connectivity index (χ1v) is 8.92. The molecule has 1 aromatic carbocycles. The molecule has 0 radical (unpaired) electrons. The molecule has 0 saturated carbocycles. The standard InChI is InChI=1S/C18H22BrNO5/c1-18(2,3)25-17(23)20-10-4-5-14(20)16(22)24-11-15(21)12-6-8-13(19)9-7-12/h6-9,14H,4-5,10-11H2,1-3H3/t14-/m0/s1. The van der Waals surface area contributed by atoms with Crippen LogP contribution in [0.2, 0.25) is 0 Å². The lowest BCUT2D eigenvalue weighted by Crippen LogP contribution is -2.44. The zero-order valence-electron chi connectivity index (χ0n) is 14.6. The number of ether oxygens (including phenoxy) is 2. The Bertz CT molecular complexity index is 650. The second-order valence-corrected chi connectivity index (χ2v) is 7.79. The number of rotatable bonds is 4. The van der Waals surface area contributed by atoms with Crippen molar-refractivity contribution in [3.8, 4) is 0 Å². The summed E-state index contributed by atoms with van der Waals surface area (Å²) in [5, 5.41) is 0. The second kappa shape index (κ2) is 7.99. The van der Waals surface area contributed by atoms with Gasteiger partial charge in [-0.3, -0.25) is 9.69 Å². The molecule has 1 aliphatic rings. The first kappa shape index (κ1) is 19.4. The molecule has 2 rings (SSSR count). The largest absolute Gasteiger partial charge is 0.456 e. The highest BCUT2D eigenvalue weighted by Crippen LogP contribution is 2.22. The van der Waals surface area contributed by atoms with Gasteiger partial charge in [-0.1, -0.05) is 28.1 Å². The number of halogens is 1. The van der Waals surface area contributed by atoms with Crippen LogP contribution < -0.4 is 0 Å². The molecule has 6 nitrogen and oxygen atoms in total. The van der Waals surface area contributed by atoms with E-state index in [1.54, 1.807) is 45.0 Å². The van der Waals surface area contributed by atoms with Crippen molar-refractivity contribution >= 4 is 33.8 Å². The number of hydrogen-bond acceptors (Lipinski definition) is 5. The molecule has 1 fully saturated rings. The van der Waals surface area contributed by atoms with Crippen molar-refractivity contribution in [3.05, 3.63) is 34.3 Å². The quantitative estimate of drug-likeness (QED) is 0.559. The van der Waals surface area contributed by atoms with Crippen molar-refractivity contribution in [2.24, 2.45) is 0 Å². The summed E-state index contributed by atoms with van der Waals surface area (Å²) in [5.74, 6) is -0.864. The summed E-state index contributed by atoms with van der Waals surface area (Å²) < 4.78 is 11.3. The maximum atomic E-state index is 12.3. The van der Waals surface area contributed by atoms with Crippen molar-refractivity contribution < 1.29 is 23.9 Å². The van der Waals surface area contributed by atoms with E-state index in [9.17, 15) is 14.4 Å². The fourth-order valence-electron chi connectivity index (χ4n) is 2.50. The Morgan fingerprint density at radius 1 is 1.20 bits per heavy atom. The van der Waals surface area contributed by atoms with E-state index in [1.807, 2.05) is 0 Å². The smallest absolute Gasteiger partial charge is 0.411 e. The van der Waals surface area contributed by atoms with Gasteiger partial charge < -0.3 is 9.47 Å². The molecular formula is C18H22BrNO5. The van der Waals surface area contributed by atoms with E-state index in [0.29, 0.717) is 24.9 Å². The van der Waals surface area contributed by atoms with Crippen LogP contribution in [0.1, 0.15) is 44.0 Å². The summed E-state index contributed by atoms with van der Waals surface area (Å²) in [6.45, 7) is 5.40. The van der Waals surface area contributed by atoms with Crippen LogP contribution in [0.3, 0.4) is 0 Å². The molecule has 0 aromatic heterocycles. The average Bonchev–Trinajstić information content (AvgIpc) is 3.01. The number of esters is 1. The van der Waals surface area contributed by atoms with Crippen LogP contribution in [0.5, 0.6) is 0 Å². The van der Waals surface area contributed by atoms with E-state index in [4.69, 9.17) is 9.47 Å². The minimum atomic E-state index is -0.701. The number of Topliss-reactive ketones (excluding diaryl/α,β-unsaturated/α-hetero) is 1. The molecule has 136 valence electrons. The van der Waals surface area contributed by atoms with Gasteiger partial charge in [0.2, 0.25) is 0 Å². The van der Waals surface area contributed by atoms with Gasteiger partial charge in [-0.15, -0.1) is 0 Å². The van der Waals surface area contributed by atoms with Crippen LogP contribution in [-0.2, 0) is 14.3 Å². The van der Waals surface area contributed by atoms with Crippen LogP contribution in [0.25, 0.3) is 0 Å². The number of amides is 1. The first-order chi connectivity index (χ1) is 11.7. The Kier molecular flexibility index (Phi) is 6.21. The number of hydrogen-bond donors (Lipinski definition) is 0. The lowest BCUT2D eigenvalue weighted by Gasteiger charge is -2.27. The Balaban J connectivity index is 1.92. The predicted octanol–water partition coefficient (Wildman–Crippen LogP) is 3.57. The fraction of sp³-hybridized carbons (Fsp3) is 0.500. The van der Waals surface area contributed by atoms with Crippen molar-refractivity contribution in [2.45, 2.75) is 45.3 Å². The molecular weight excluding hydrogens is 390 g/mol. The van der Waals surface area contributed by atoms with Crippen LogP contribution in [-0.4, -0.2) is 47.5 Å². The maximum absolute atomic E-state index is 12.3. The van der Waals surface area contributed by atoms with E-state index in [1.165, 1.54) is 4.90 Å². The van der Waals surface area contributed by atoms with Gasteiger partial charge in [0.1, 0.15) is 11.6 Å². The van der Waals surface area contributed by atoms with Gasteiger partial charge in [0.05, 0.1) is 0 Å². The van der Waals surface area contributed by atoms with Gasteiger partial charge in [-0.2, -0.15) is 0 Å². The number of nitrogens with zero attached hydrogens (tertiary/aromatic N) is 1. The molecule has 0 N–H and O–H groups in total. The molecule has 1 atom stereocenters. The van der Waals surface area contributed by atoms with Gasteiger partial charge in [-0.25, -0.2) is 9.59 Å². The van der Waals surface area contributed by atoms with E-state index in [-0.39, 0.29) is 12.4 Å². The molecule has 0 spiro atoms. The Morgan fingerprint density at radius 3 is 2.44 bits per heavy atom. The van der Waals surface area contributed by atoms with Crippen molar-refractivity contribution in [2.75, 3.05) is 13.2 Å². The van der Waals surface area contributed by atoms with E-state index in [2.05, 4.69) is 15.9 Å². The molecule has 1 aromatic rings. The first-order valence-electron chi connectivity index (χ1n) is 8.12. The zero-order valence-corrected chi connectivity index (χ0v) is 16.2. The average molecular weight is 412 g/mol. The number of carbonyl (C=O) groups excluding carboxylic acids is 3. The number of likely N-dealkylation sites (tertiary alicyclic amines) is 1. The fourth-order valence-corrected chi connectivity index (χ4v) is 2.77. The molecule has 0 unspecified atom stereocenters. The third-order valence-corrected chi connectivity index (χ3v) is 4.19. The molecule has 0 bridgehead atoms. The lowest BCUT2D eigenvalue weighted by molar-refractivity contribution is -0.147. The molecule has 1 aliphatic heterocycles.